The first-order chi connectivity index (χ1) is 7.78. The van der Waals surface area contributed by atoms with Crippen LogP contribution in [0.1, 0.15) is 24.5 Å². The number of benzene rings is 1. The molecule has 0 radical (unpaired) electrons. The fourth-order valence-electron chi connectivity index (χ4n) is 1.47. The Kier molecular flexibility index (Phi) is 4.91. The number of hydrogen-bond acceptors (Lipinski definition) is 3. The predicted octanol–water partition coefficient (Wildman–Crippen LogP) is 2.34. The third-order valence-corrected chi connectivity index (χ3v) is 3.51. The van der Waals surface area contributed by atoms with Gasteiger partial charge in [-0.2, -0.15) is 0 Å². The van der Waals surface area contributed by atoms with Gasteiger partial charge in [-0.3, -0.25) is 0 Å². The van der Waals surface area contributed by atoms with Gasteiger partial charge in [0.1, 0.15) is 15.7 Å². The summed E-state index contributed by atoms with van der Waals surface area (Å²) < 4.78 is 34.8. The van der Waals surface area contributed by atoms with Crippen molar-refractivity contribution < 1.29 is 17.9 Å². The molecule has 0 amide bonds. The Morgan fingerprint density at radius 1 is 1.41 bits per heavy atom. The number of rotatable bonds is 5. The van der Waals surface area contributed by atoms with Gasteiger partial charge < -0.3 is 5.11 Å². The van der Waals surface area contributed by atoms with Crippen LogP contribution < -0.4 is 0 Å². The fraction of sp³-hybridized carbons (Fsp3) is 0.455. The zero-order valence-electron chi connectivity index (χ0n) is 9.36. The van der Waals surface area contributed by atoms with Crippen LogP contribution >= 0.6 is 11.6 Å². The summed E-state index contributed by atoms with van der Waals surface area (Å²) in [4.78, 5) is 0. The molecule has 1 rings (SSSR count). The summed E-state index contributed by atoms with van der Waals surface area (Å²) in [6.07, 6.45) is 0.823. The van der Waals surface area contributed by atoms with Crippen molar-refractivity contribution in [1.29, 1.82) is 0 Å². The van der Waals surface area contributed by atoms with Gasteiger partial charge in [0.15, 0.2) is 0 Å². The molecule has 0 aromatic heterocycles. The van der Waals surface area contributed by atoms with E-state index in [2.05, 4.69) is 0 Å². The van der Waals surface area contributed by atoms with E-state index in [1.54, 1.807) is 0 Å². The second-order valence-electron chi connectivity index (χ2n) is 3.99. The lowest BCUT2D eigenvalue weighted by atomic mass is 10.1. The van der Waals surface area contributed by atoms with Gasteiger partial charge in [0.25, 0.3) is 0 Å². The molecule has 0 aliphatic carbocycles. The Bertz CT molecular complexity index is 467. The van der Waals surface area contributed by atoms with Crippen molar-refractivity contribution in [3.05, 3.63) is 34.6 Å². The van der Waals surface area contributed by atoms with E-state index in [0.717, 1.165) is 12.3 Å². The van der Waals surface area contributed by atoms with E-state index >= 15 is 0 Å². The molecule has 0 bridgehead atoms. The zero-order chi connectivity index (χ0) is 13.1. The highest BCUT2D eigenvalue weighted by atomic mass is 35.5. The maximum absolute atomic E-state index is 13.0. The summed E-state index contributed by atoms with van der Waals surface area (Å²) in [5, 5.41) is 9.96. The van der Waals surface area contributed by atoms with E-state index in [-0.39, 0.29) is 17.2 Å². The van der Waals surface area contributed by atoms with Gasteiger partial charge in [-0.15, -0.1) is 0 Å². The third-order valence-electron chi connectivity index (χ3n) is 2.26. The van der Waals surface area contributed by atoms with Gasteiger partial charge in [-0.05, 0) is 36.6 Å². The highest BCUT2D eigenvalue weighted by Gasteiger charge is 2.11. The minimum atomic E-state index is -3.03. The molecular weight excluding hydrogens is 267 g/mol. The molecule has 96 valence electrons. The maximum Gasteiger partial charge on any atom is 0.147 e. The molecule has 1 unspecified atom stereocenters. The third kappa shape index (κ3) is 5.48. The summed E-state index contributed by atoms with van der Waals surface area (Å²) in [7, 11) is -3.03. The van der Waals surface area contributed by atoms with Crippen molar-refractivity contribution in [2.24, 2.45) is 0 Å². The molecule has 0 saturated heterocycles. The lowest BCUT2D eigenvalue weighted by Gasteiger charge is -2.11. The summed E-state index contributed by atoms with van der Waals surface area (Å²) in [5.74, 6) is -0.512. The van der Waals surface area contributed by atoms with E-state index in [0.29, 0.717) is 12.0 Å². The van der Waals surface area contributed by atoms with E-state index in [9.17, 15) is 17.9 Å². The lowest BCUT2D eigenvalue weighted by molar-refractivity contribution is 0.166. The van der Waals surface area contributed by atoms with E-state index in [1.165, 1.54) is 12.1 Å². The number of sulfone groups is 1. The maximum atomic E-state index is 13.0. The minimum Gasteiger partial charge on any atom is -0.388 e. The second-order valence-corrected chi connectivity index (χ2v) is 6.69. The monoisotopic (exact) mass is 280 g/mol. The normalized spacial score (nSPS) is 13.6. The molecule has 0 saturated carbocycles. The Morgan fingerprint density at radius 2 is 2.06 bits per heavy atom. The van der Waals surface area contributed by atoms with E-state index in [1.807, 2.05) is 0 Å². The summed E-state index contributed by atoms with van der Waals surface area (Å²) in [5.41, 5.74) is 0.364. The first-order valence-electron chi connectivity index (χ1n) is 5.10. The predicted molar refractivity (Wildman–Crippen MR) is 65.3 cm³/mol. The number of halogens is 2. The van der Waals surface area contributed by atoms with Crippen molar-refractivity contribution in [2.75, 3.05) is 12.0 Å². The quantitative estimate of drug-likeness (QED) is 0.901. The van der Waals surface area contributed by atoms with Crippen molar-refractivity contribution in [1.82, 2.24) is 0 Å². The molecule has 6 heteroatoms. The van der Waals surface area contributed by atoms with Crippen LogP contribution in [-0.2, 0) is 9.84 Å². The van der Waals surface area contributed by atoms with Crippen LogP contribution in [0.25, 0.3) is 0 Å². The van der Waals surface area contributed by atoms with Crippen LogP contribution in [0.5, 0.6) is 0 Å². The molecule has 1 aromatic rings. The summed E-state index contributed by atoms with van der Waals surface area (Å²) in [6, 6.07) is 3.81. The van der Waals surface area contributed by atoms with E-state index < -0.39 is 21.8 Å². The van der Waals surface area contributed by atoms with Crippen LogP contribution in [-0.4, -0.2) is 25.5 Å². The SMILES string of the molecule is CS(=O)(=O)CCCC(O)c1cc(F)cc(Cl)c1. The lowest BCUT2D eigenvalue weighted by Crippen LogP contribution is -2.06. The molecule has 0 spiro atoms. The van der Waals surface area contributed by atoms with Crippen molar-refractivity contribution in [2.45, 2.75) is 18.9 Å². The molecule has 1 aromatic carbocycles. The molecule has 0 heterocycles. The molecular formula is C11H14ClFO3S. The molecule has 0 aliphatic heterocycles. The van der Waals surface area contributed by atoms with E-state index in [4.69, 9.17) is 11.6 Å². The molecule has 17 heavy (non-hydrogen) atoms. The topological polar surface area (TPSA) is 54.4 Å². The average molecular weight is 281 g/mol. The summed E-state index contributed by atoms with van der Waals surface area (Å²) >= 11 is 5.65. The molecule has 1 atom stereocenters. The Balaban J connectivity index is 2.61. The minimum absolute atomic E-state index is 0.00705. The zero-order valence-corrected chi connectivity index (χ0v) is 10.9. The van der Waals surface area contributed by atoms with Gasteiger partial charge in [0.2, 0.25) is 0 Å². The van der Waals surface area contributed by atoms with Crippen LogP contribution in [0, 0.1) is 5.82 Å². The number of aliphatic hydroxyl groups excluding tert-OH is 1. The first kappa shape index (κ1) is 14.4. The number of hydrogen-bond donors (Lipinski definition) is 1. The Hall–Kier alpha value is -0.650. The van der Waals surface area contributed by atoms with Gasteiger partial charge in [0.05, 0.1) is 6.10 Å². The molecule has 0 aliphatic rings. The standard InChI is InChI=1S/C11H14ClFO3S/c1-17(15,16)4-2-3-11(14)8-5-9(12)7-10(13)6-8/h5-7,11,14H,2-4H2,1H3. The van der Waals surface area contributed by atoms with Gasteiger partial charge in [-0.1, -0.05) is 11.6 Å². The molecule has 3 nitrogen and oxygen atoms in total. The van der Waals surface area contributed by atoms with Crippen molar-refractivity contribution >= 4 is 21.4 Å². The van der Waals surface area contributed by atoms with Crippen LogP contribution in [0.3, 0.4) is 0 Å². The highest BCUT2D eigenvalue weighted by Crippen LogP contribution is 2.23. The molecule has 1 N–H and O–H groups in total. The summed E-state index contributed by atoms with van der Waals surface area (Å²) in [6.45, 7) is 0. The highest BCUT2D eigenvalue weighted by molar-refractivity contribution is 7.90. The smallest absolute Gasteiger partial charge is 0.147 e. The van der Waals surface area contributed by atoms with Gasteiger partial charge >= 0.3 is 0 Å². The van der Waals surface area contributed by atoms with Crippen LogP contribution in [0.4, 0.5) is 4.39 Å². The molecule has 0 fully saturated rings. The number of aliphatic hydroxyl groups is 1. The average Bonchev–Trinajstić information content (AvgIpc) is 2.13. The van der Waals surface area contributed by atoms with Crippen LogP contribution in [0.2, 0.25) is 5.02 Å². The first-order valence-corrected chi connectivity index (χ1v) is 7.53. The largest absolute Gasteiger partial charge is 0.388 e. The van der Waals surface area contributed by atoms with Crippen molar-refractivity contribution in [3.8, 4) is 0 Å². The Morgan fingerprint density at radius 3 is 2.59 bits per heavy atom. The fourth-order valence-corrected chi connectivity index (χ4v) is 2.39. The van der Waals surface area contributed by atoms with Crippen LogP contribution in [0.15, 0.2) is 18.2 Å². The second kappa shape index (κ2) is 5.80. The van der Waals surface area contributed by atoms with Gasteiger partial charge in [0, 0.05) is 17.0 Å². The van der Waals surface area contributed by atoms with Crippen molar-refractivity contribution in [3.63, 3.8) is 0 Å². The Labute approximate surface area is 105 Å². The van der Waals surface area contributed by atoms with Gasteiger partial charge in [-0.25, -0.2) is 12.8 Å².